The van der Waals surface area contributed by atoms with Gasteiger partial charge >= 0.3 is 0 Å². The minimum absolute atomic E-state index is 0.539. The van der Waals surface area contributed by atoms with Gasteiger partial charge in [0.1, 0.15) is 0 Å². The maximum atomic E-state index is 5.30. The summed E-state index contributed by atoms with van der Waals surface area (Å²) in [6.45, 7) is 0.754. The molecule has 3 aromatic carbocycles. The monoisotopic (exact) mass is 320 g/mol. The molecule has 0 aliphatic heterocycles. The number of ether oxygens (including phenoxy) is 1. The highest BCUT2D eigenvalue weighted by atomic mass is 31.1. The molecule has 0 aliphatic carbocycles. The van der Waals surface area contributed by atoms with Crippen LogP contribution in [-0.4, -0.2) is 13.7 Å². The van der Waals surface area contributed by atoms with E-state index in [-0.39, 0.29) is 0 Å². The second-order valence-electron chi connectivity index (χ2n) is 5.38. The summed E-state index contributed by atoms with van der Waals surface area (Å²) < 4.78 is 5.30. The molecule has 0 saturated heterocycles. The van der Waals surface area contributed by atoms with Gasteiger partial charge in [-0.3, -0.25) is 0 Å². The van der Waals surface area contributed by atoms with Crippen molar-refractivity contribution in [1.29, 1.82) is 0 Å². The fourth-order valence-electron chi connectivity index (χ4n) is 2.73. The molecule has 1 nitrogen and oxygen atoms in total. The standard InChI is InChI=1S/C21H21OP/c1-22-17-16-18-10-8-9-15-21(18)23(19-11-4-2-5-12-19)20-13-6-3-7-14-20/h2-15H,16-17H2,1H3. The largest absolute Gasteiger partial charge is 0.384 e. The summed E-state index contributed by atoms with van der Waals surface area (Å²) in [6, 6.07) is 30.4. The Hall–Kier alpha value is -1.95. The molecule has 0 bridgehead atoms. The number of hydrogen-bond donors (Lipinski definition) is 0. The van der Waals surface area contributed by atoms with E-state index < -0.39 is 7.92 Å². The minimum Gasteiger partial charge on any atom is -0.384 e. The average Bonchev–Trinajstić information content (AvgIpc) is 2.63. The molecule has 0 N–H and O–H groups in total. The van der Waals surface area contributed by atoms with E-state index in [9.17, 15) is 0 Å². The molecule has 0 aromatic heterocycles. The first-order valence-corrected chi connectivity index (χ1v) is 9.21. The normalized spacial score (nSPS) is 10.9. The van der Waals surface area contributed by atoms with Crippen molar-refractivity contribution in [3.8, 4) is 0 Å². The van der Waals surface area contributed by atoms with Crippen molar-refractivity contribution in [3.05, 3.63) is 90.5 Å². The minimum atomic E-state index is -0.539. The summed E-state index contributed by atoms with van der Waals surface area (Å²) in [6.07, 6.45) is 0.950. The SMILES string of the molecule is COCCc1ccccc1P(c1ccccc1)c1ccccc1. The van der Waals surface area contributed by atoms with Gasteiger partial charge in [0.25, 0.3) is 0 Å². The predicted molar refractivity (Wildman–Crippen MR) is 101 cm³/mol. The van der Waals surface area contributed by atoms with Crippen LogP contribution in [-0.2, 0) is 11.2 Å². The van der Waals surface area contributed by atoms with Gasteiger partial charge in [0, 0.05) is 7.11 Å². The van der Waals surface area contributed by atoms with Gasteiger partial charge in [-0.05, 0) is 35.8 Å². The Morgan fingerprint density at radius 2 is 1.22 bits per heavy atom. The van der Waals surface area contributed by atoms with Crippen molar-refractivity contribution in [2.75, 3.05) is 13.7 Å². The smallest absolute Gasteiger partial charge is 0.0502 e. The maximum absolute atomic E-state index is 5.30. The summed E-state index contributed by atoms with van der Waals surface area (Å²) in [4.78, 5) is 0. The van der Waals surface area contributed by atoms with Crippen molar-refractivity contribution in [2.24, 2.45) is 0 Å². The third-order valence-electron chi connectivity index (χ3n) is 3.84. The molecular formula is C21H21OP. The van der Waals surface area contributed by atoms with E-state index in [1.807, 2.05) is 0 Å². The second kappa shape index (κ2) is 8.06. The van der Waals surface area contributed by atoms with Gasteiger partial charge in [-0.2, -0.15) is 0 Å². The lowest BCUT2D eigenvalue weighted by molar-refractivity contribution is 0.202. The molecule has 0 amide bonds. The van der Waals surface area contributed by atoms with Crippen LogP contribution < -0.4 is 15.9 Å². The van der Waals surface area contributed by atoms with Crippen LogP contribution in [0.25, 0.3) is 0 Å². The first-order valence-electron chi connectivity index (χ1n) is 7.87. The van der Waals surface area contributed by atoms with Gasteiger partial charge < -0.3 is 4.74 Å². The van der Waals surface area contributed by atoms with E-state index in [4.69, 9.17) is 4.74 Å². The highest BCUT2D eigenvalue weighted by Crippen LogP contribution is 2.34. The molecule has 0 spiro atoms. The van der Waals surface area contributed by atoms with E-state index in [1.165, 1.54) is 21.5 Å². The van der Waals surface area contributed by atoms with Gasteiger partial charge in [0.05, 0.1) is 6.61 Å². The molecule has 2 heteroatoms. The Labute approximate surface area is 139 Å². The molecule has 0 atom stereocenters. The fraction of sp³-hybridized carbons (Fsp3) is 0.143. The number of rotatable bonds is 6. The zero-order valence-electron chi connectivity index (χ0n) is 13.4. The summed E-state index contributed by atoms with van der Waals surface area (Å²) in [5.41, 5.74) is 1.38. The number of methoxy groups -OCH3 is 1. The zero-order chi connectivity index (χ0) is 15.9. The molecule has 3 aromatic rings. The first kappa shape index (κ1) is 15.9. The van der Waals surface area contributed by atoms with Crippen LogP contribution in [0.15, 0.2) is 84.9 Å². The second-order valence-corrected chi connectivity index (χ2v) is 7.56. The molecule has 23 heavy (non-hydrogen) atoms. The van der Waals surface area contributed by atoms with Crippen molar-refractivity contribution in [3.63, 3.8) is 0 Å². The Morgan fingerprint density at radius 3 is 1.78 bits per heavy atom. The first-order chi connectivity index (χ1) is 11.4. The molecule has 0 saturated carbocycles. The molecule has 0 fully saturated rings. The van der Waals surface area contributed by atoms with Crippen molar-refractivity contribution in [2.45, 2.75) is 6.42 Å². The predicted octanol–water partition coefficient (Wildman–Crippen LogP) is 3.63. The Kier molecular flexibility index (Phi) is 5.58. The maximum Gasteiger partial charge on any atom is 0.0502 e. The van der Waals surface area contributed by atoms with Gasteiger partial charge in [-0.25, -0.2) is 0 Å². The summed E-state index contributed by atoms with van der Waals surface area (Å²) >= 11 is 0. The summed E-state index contributed by atoms with van der Waals surface area (Å²) in [5.74, 6) is 0. The van der Waals surface area contributed by atoms with Crippen molar-refractivity contribution >= 4 is 23.8 Å². The highest BCUT2D eigenvalue weighted by Gasteiger charge is 2.18. The van der Waals surface area contributed by atoms with E-state index in [0.29, 0.717) is 0 Å². The Bertz CT molecular complexity index is 686. The quantitative estimate of drug-likeness (QED) is 0.630. The number of hydrogen-bond acceptors (Lipinski definition) is 1. The van der Waals surface area contributed by atoms with Crippen LogP contribution in [0, 0.1) is 0 Å². The van der Waals surface area contributed by atoms with Gasteiger partial charge in [0.15, 0.2) is 0 Å². The van der Waals surface area contributed by atoms with Crippen molar-refractivity contribution < 1.29 is 4.74 Å². The van der Waals surface area contributed by atoms with Gasteiger partial charge in [0.2, 0.25) is 0 Å². The van der Waals surface area contributed by atoms with Crippen LogP contribution in [0.3, 0.4) is 0 Å². The zero-order valence-corrected chi connectivity index (χ0v) is 14.2. The molecule has 0 unspecified atom stereocenters. The van der Waals surface area contributed by atoms with E-state index in [1.54, 1.807) is 7.11 Å². The molecule has 0 radical (unpaired) electrons. The third kappa shape index (κ3) is 3.88. The van der Waals surface area contributed by atoms with Crippen LogP contribution in [0.5, 0.6) is 0 Å². The van der Waals surface area contributed by atoms with Crippen molar-refractivity contribution in [1.82, 2.24) is 0 Å². The van der Waals surface area contributed by atoms with Crippen LogP contribution in [0.1, 0.15) is 5.56 Å². The van der Waals surface area contributed by atoms with Crippen LogP contribution in [0.2, 0.25) is 0 Å². The van der Waals surface area contributed by atoms with E-state index in [0.717, 1.165) is 13.0 Å². The topological polar surface area (TPSA) is 9.23 Å². The fourth-order valence-corrected chi connectivity index (χ4v) is 5.24. The van der Waals surface area contributed by atoms with Crippen LogP contribution >= 0.6 is 7.92 Å². The van der Waals surface area contributed by atoms with Gasteiger partial charge in [-0.15, -0.1) is 0 Å². The van der Waals surface area contributed by atoms with E-state index >= 15 is 0 Å². The lowest BCUT2D eigenvalue weighted by atomic mass is 10.2. The summed E-state index contributed by atoms with van der Waals surface area (Å²) in [7, 11) is 1.22. The highest BCUT2D eigenvalue weighted by molar-refractivity contribution is 7.79. The average molecular weight is 320 g/mol. The Morgan fingerprint density at radius 1 is 0.696 bits per heavy atom. The van der Waals surface area contributed by atoms with E-state index in [2.05, 4.69) is 84.9 Å². The molecule has 0 aliphatic rings. The van der Waals surface area contributed by atoms with Crippen LogP contribution in [0.4, 0.5) is 0 Å². The lowest BCUT2D eigenvalue weighted by Crippen LogP contribution is -2.23. The lowest BCUT2D eigenvalue weighted by Gasteiger charge is -2.22. The van der Waals surface area contributed by atoms with Gasteiger partial charge in [-0.1, -0.05) is 84.9 Å². The molecule has 0 heterocycles. The Balaban J connectivity index is 2.10. The molecule has 3 rings (SSSR count). The number of benzene rings is 3. The summed E-state index contributed by atoms with van der Waals surface area (Å²) in [5, 5.41) is 4.20. The molecule has 116 valence electrons. The third-order valence-corrected chi connectivity index (χ3v) is 6.38. The molecular weight excluding hydrogens is 299 g/mol.